The zero-order chi connectivity index (χ0) is 26.0. The third-order valence-electron chi connectivity index (χ3n) is 7.21. The first kappa shape index (κ1) is 26.4. The van der Waals surface area contributed by atoms with Crippen molar-refractivity contribution >= 4 is 54.2 Å². The summed E-state index contributed by atoms with van der Waals surface area (Å²) in [5.41, 5.74) is 1.33. The first-order valence-electron chi connectivity index (χ1n) is 12.7. The van der Waals surface area contributed by atoms with Crippen molar-refractivity contribution in [3.05, 3.63) is 53.1 Å². The Morgan fingerprint density at radius 1 is 1.05 bits per heavy atom. The minimum atomic E-state index is -3.51. The highest BCUT2D eigenvalue weighted by molar-refractivity contribution is 7.89. The summed E-state index contributed by atoms with van der Waals surface area (Å²) in [5.74, 6) is 0.361. The molecule has 5 rings (SSSR count). The number of aromatic nitrogens is 1. The molecule has 0 spiro atoms. The number of rotatable bonds is 7. The number of amides is 1. The normalized spacial score (nSPS) is 18.4. The molecule has 0 unspecified atom stereocenters. The van der Waals surface area contributed by atoms with E-state index < -0.39 is 10.0 Å². The lowest BCUT2D eigenvalue weighted by Crippen LogP contribution is -2.48. The highest BCUT2D eigenvalue weighted by atomic mass is 35.5. The zero-order valence-corrected chi connectivity index (χ0v) is 23.3. The number of nitrogens with one attached hydrogen (secondary N) is 1. The van der Waals surface area contributed by atoms with Crippen LogP contribution in [0.5, 0.6) is 0 Å². The van der Waals surface area contributed by atoms with Gasteiger partial charge in [0.15, 0.2) is 5.13 Å². The van der Waals surface area contributed by atoms with Crippen molar-refractivity contribution in [1.82, 2.24) is 19.5 Å². The van der Waals surface area contributed by atoms with E-state index in [1.807, 2.05) is 18.2 Å². The molecule has 3 heterocycles. The Morgan fingerprint density at radius 2 is 1.76 bits per heavy atom. The molecule has 0 bridgehead atoms. The number of sulfonamides is 1. The van der Waals surface area contributed by atoms with E-state index in [2.05, 4.69) is 22.0 Å². The van der Waals surface area contributed by atoms with E-state index in [0.717, 1.165) is 60.9 Å². The molecule has 0 atom stereocenters. The number of thiazole rings is 1. The van der Waals surface area contributed by atoms with Crippen LogP contribution in [0.2, 0.25) is 5.02 Å². The average molecular weight is 562 g/mol. The van der Waals surface area contributed by atoms with E-state index in [-0.39, 0.29) is 10.8 Å². The minimum Gasteiger partial charge on any atom is -0.351 e. The highest BCUT2D eigenvalue weighted by Crippen LogP contribution is 2.33. The molecule has 2 fully saturated rings. The summed E-state index contributed by atoms with van der Waals surface area (Å²) in [6, 6.07) is 12.1. The summed E-state index contributed by atoms with van der Waals surface area (Å²) in [6.07, 6.45) is 1.76. The minimum absolute atomic E-state index is 0.194. The van der Waals surface area contributed by atoms with Crippen LogP contribution in [0.3, 0.4) is 0 Å². The van der Waals surface area contributed by atoms with Gasteiger partial charge in [-0.15, -0.1) is 0 Å². The summed E-state index contributed by atoms with van der Waals surface area (Å²) >= 11 is 7.94. The van der Waals surface area contributed by atoms with Crippen LogP contribution in [0.25, 0.3) is 10.2 Å². The van der Waals surface area contributed by atoms with Crippen molar-refractivity contribution in [2.45, 2.75) is 24.7 Å². The zero-order valence-electron chi connectivity index (χ0n) is 20.9. The fraction of sp³-hybridized carbons (Fsp3) is 0.462. The van der Waals surface area contributed by atoms with Crippen molar-refractivity contribution in [2.24, 2.45) is 5.92 Å². The standard InChI is InChI=1S/C26H32ClN5O3S2/c1-19-9-12-32(13-10-19)37(34,35)21-7-5-20(6-8-21)25(33)28-11-14-30-15-17-31(18-16-30)26-29-24-22(27)3-2-4-23(24)36-26/h2-8,19H,9-18H2,1H3,(H,28,33). The molecule has 2 aliphatic heterocycles. The Hall–Kier alpha value is -2.24. The van der Waals surface area contributed by atoms with Crippen LogP contribution in [0, 0.1) is 5.92 Å². The molecule has 3 aromatic rings. The quantitative estimate of drug-likeness (QED) is 0.470. The van der Waals surface area contributed by atoms with Gasteiger partial charge in [-0.1, -0.05) is 35.9 Å². The number of para-hydroxylation sites is 1. The van der Waals surface area contributed by atoms with Gasteiger partial charge in [0.05, 0.1) is 14.6 Å². The molecule has 0 saturated carbocycles. The van der Waals surface area contributed by atoms with Crippen molar-refractivity contribution in [3.8, 4) is 0 Å². The lowest BCUT2D eigenvalue weighted by Gasteiger charge is -2.34. The van der Waals surface area contributed by atoms with E-state index in [9.17, 15) is 13.2 Å². The van der Waals surface area contributed by atoms with Crippen molar-refractivity contribution in [3.63, 3.8) is 0 Å². The summed E-state index contributed by atoms with van der Waals surface area (Å²) < 4.78 is 28.5. The SMILES string of the molecule is CC1CCN(S(=O)(=O)c2ccc(C(=O)NCCN3CCN(c4nc5c(Cl)cccc5s4)CC3)cc2)CC1. The predicted molar refractivity (Wildman–Crippen MR) is 149 cm³/mol. The van der Waals surface area contributed by atoms with E-state index in [0.29, 0.717) is 36.1 Å². The largest absolute Gasteiger partial charge is 0.351 e. The Morgan fingerprint density at radius 3 is 2.43 bits per heavy atom. The Kier molecular flexibility index (Phi) is 8.02. The average Bonchev–Trinajstić information content (AvgIpc) is 3.35. The maximum Gasteiger partial charge on any atom is 0.251 e. The van der Waals surface area contributed by atoms with Gasteiger partial charge >= 0.3 is 0 Å². The van der Waals surface area contributed by atoms with Gasteiger partial charge < -0.3 is 10.2 Å². The Balaban J connectivity index is 1.08. The van der Waals surface area contributed by atoms with Gasteiger partial charge in [-0.3, -0.25) is 9.69 Å². The first-order chi connectivity index (χ1) is 17.8. The molecule has 198 valence electrons. The third kappa shape index (κ3) is 5.93. The lowest BCUT2D eigenvalue weighted by atomic mass is 10.0. The number of piperidine rings is 1. The second-order valence-electron chi connectivity index (χ2n) is 9.78. The number of piperazine rings is 1. The second kappa shape index (κ2) is 11.2. The Bertz CT molecular complexity index is 1350. The van der Waals surface area contributed by atoms with Gasteiger partial charge in [0, 0.05) is 57.9 Å². The van der Waals surface area contributed by atoms with Gasteiger partial charge in [0.1, 0.15) is 5.52 Å². The van der Waals surface area contributed by atoms with Crippen LogP contribution < -0.4 is 10.2 Å². The highest BCUT2D eigenvalue weighted by Gasteiger charge is 2.28. The van der Waals surface area contributed by atoms with E-state index >= 15 is 0 Å². The predicted octanol–water partition coefficient (Wildman–Crippen LogP) is 3.92. The number of anilines is 1. The molecule has 0 radical (unpaired) electrons. The maximum atomic E-state index is 12.9. The molecule has 1 amide bonds. The van der Waals surface area contributed by atoms with Crippen LogP contribution in [-0.2, 0) is 10.0 Å². The third-order valence-corrected chi connectivity index (χ3v) is 10.5. The van der Waals surface area contributed by atoms with E-state index in [4.69, 9.17) is 16.6 Å². The fourth-order valence-corrected chi connectivity index (χ4v) is 7.57. The number of carbonyl (C=O) groups excluding carboxylic acids is 1. The number of fused-ring (bicyclic) bond motifs is 1. The molecular formula is C26H32ClN5O3S2. The van der Waals surface area contributed by atoms with Crippen LogP contribution in [0.4, 0.5) is 5.13 Å². The molecule has 2 aliphatic rings. The van der Waals surface area contributed by atoms with E-state index in [1.54, 1.807) is 27.8 Å². The summed E-state index contributed by atoms with van der Waals surface area (Å²) in [5, 5.41) is 4.64. The van der Waals surface area contributed by atoms with Crippen LogP contribution in [0.15, 0.2) is 47.4 Å². The Labute approximate surface area is 227 Å². The number of benzene rings is 2. The topological polar surface area (TPSA) is 85.8 Å². The van der Waals surface area contributed by atoms with Gasteiger partial charge in [0.25, 0.3) is 5.91 Å². The van der Waals surface area contributed by atoms with Gasteiger partial charge in [0.2, 0.25) is 10.0 Å². The van der Waals surface area contributed by atoms with Crippen LogP contribution >= 0.6 is 22.9 Å². The lowest BCUT2D eigenvalue weighted by molar-refractivity contribution is 0.0947. The summed E-state index contributed by atoms with van der Waals surface area (Å²) in [6.45, 7) is 8.06. The van der Waals surface area contributed by atoms with Crippen molar-refractivity contribution < 1.29 is 13.2 Å². The van der Waals surface area contributed by atoms with Gasteiger partial charge in [-0.05, 0) is 55.2 Å². The van der Waals surface area contributed by atoms with Crippen molar-refractivity contribution in [2.75, 3.05) is 57.3 Å². The molecule has 37 heavy (non-hydrogen) atoms. The molecule has 1 aromatic heterocycles. The van der Waals surface area contributed by atoms with Gasteiger partial charge in [-0.2, -0.15) is 4.31 Å². The van der Waals surface area contributed by atoms with Crippen LogP contribution in [-0.4, -0.2) is 80.9 Å². The number of carbonyl (C=O) groups is 1. The monoisotopic (exact) mass is 561 g/mol. The molecule has 0 aliphatic carbocycles. The number of hydrogen-bond donors (Lipinski definition) is 1. The van der Waals surface area contributed by atoms with E-state index in [1.165, 1.54) is 12.1 Å². The maximum absolute atomic E-state index is 12.9. The second-order valence-corrected chi connectivity index (χ2v) is 13.1. The molecule has 1 N–H and O–H groups in total. The summed E-state index contributed by atoms with van der Waals surface area (Å²) in [4.78, 5) is 22.2. The number of hydrogen-bond acceptors (Lipinski definition) is 7. The molecule has 2 saturated heterocycles. The smallest absolute Gasteiger partial charge is 0.251 e. The molecule has 2 aromatic carbocycles. The molecule has 11 heteroatoms. The summed E-state index contributed by atoms with van der Waals surface area (Å²) in [7, 11) is -3.51. The number of nitrogens with zero attached hydrogens (tertiary/aromatic N) is 4. The first-order valence-corrected chi connectivity index (χ1v) is 15.4. The fourth-order valence-electron chi connectivity index (χ4n) is 4.78. The molecule has 8 nitrogen and oxygen atoms in total. The number of halogens is 1. The van der Waals surface area contributed by atoms with Crippen molar-refractivity contribution in [1.29, 1.82) is 0 Å². The molecular weight excluding hydrogens is 530 g/mol. The van der Waals surface area contributed by atoms with Gasteiger partial charge in [-0.25, -0.2) is 13.4 Å². The van der Waals surface area contributed by atoms with Crippen LogP contribution in [0.1, 0.15) is 30.1 Å².